The van der Waals surface area contributed by atoms with E-state index in [1.807, 2.05) is 25.1 Å². The lowest BCUT2D eigenvalue weighted by molar-refractivity contribution is 0.340. The van der Waals surface area contributed by atoms with E-state index in [2.05, 4.69) is 4.98 Å². The molecule has 2 aromatic rings. The molecule has 0 spiro atoms. The maximum atomic E-state index is 8.78. The maximum Gasteiger partial charge on any atom is 0.137 e. The fourth-order valence-electron chi connectivity index (χ4n) is 1.75. The zero-order valence-corrected chi connectivity index (χ0v) is 11.5. The van der Waals surface area contributed by atoms with Crippen LogP contribution in [0.5, 0.6) is 5.75 Å². The van der Waals surface area contributed by atoms with Crippen LogP contribution < -0.4 is 4.74 Å². The molecule has 5 heteroatoms. The molecule has 0 bridgehead atoms. The summed E-state index contributed by atoms with van der Waals surface area (Å²) in [5.41, 5.74) is 1.24. The second-order valence-corrected chi connectivity index (χ2v) is 4.30. The summed E-state index contributed by atoms with van der Waals surface area (Å²) in [5, 5.41) is 18.7. The predicted octanol–water partition coefficient (Wildman–Crippen LogP) is 3.72. The minimum Gasteiger partial charge on any atom is -0.494 e. The summed E-state index contributed by atoms with van der Waals surface area (Å²) in [6, 6.07) is 10.9. The van der Waals surface area contributed by atoms with Crippen molar-refractivity contribution < 1.29 is 4.74 Å². The number of nitriles is 2. The molecule has 1 heterocycles. The molecule has 0 aliphatic heterocycles. The van der Waals surface area contributed by atoms with E-state index in [9.17, 15) is 0 Å². The van der Waals surface area contributed by atoms with E-state index in [1.54, 1.807) is 18.2 Å². The number of fused-ring (bicyclic) bond motifs is 1. The van der Waals surface area contributed by atoms with E-state index in [1.165, 1.54) is 6.08 Å². The minimum atomic E-state index is -0.0194. The quantitative estimate of drug-likeness (QED) is 0.636. The lowest BCUT2D eigenvalue weighted by Crippen LogP contribution is -1.92. The highest BCUT2D eigenvalue weighted by atomic mass is 35.5. The van der Waals surface area contributed by atoms with Crippen LogP contribution in [0.25, 0.3) is 17.0 Å². The van der Waals surface area contributed by atoms with Gasteiger partial charge in [-0.2, -0.15) is 10.5 Å². The Bertz CT molecular complexity index is 753. The zero-order valence-electron chi connectivity index (χ0n) is 10.7. The number of halogens is 1. The third-order valence-corrected chi connectivity index (χ3v) is 2.92. The summed E-state index contributed by atoms with van der Waals surface area (Å²) < 4.78 is 5.43. The van der Waals surface area contributed by atoms with E-state index < -0.39 is 0 Å². The largest absolute Gasteiger partial charge is 0.494 e. The highest BCUT2D eigenvalue weighted by Gasteiger charge is 2.06. The average molecular weight is 284 g/mol. The molecule has 1 aromatic heterocycles. The third-order valence-electron chi connectivity index (χ3n) is 2.62. The Hall–Kier alpha value is -2.56. The van der Waals surface area contributed by atoms with E-state index in [-0.39, 0.29) is 10.7 Å². The Morgan fingerprint density at radius 2 is 2.10 bits per heavy atom. The molecule has 98 valence electrons. The Labute approximate surface area is 121 Å². The number of ether oxygens (including phenoxy) is 1. The van der Waals surface area contributed by atoms with Gasteiger partial charge in [0.2, 0.25) is 0 Å². The van der Waals surface area contributed by atoms with Crippen LogP contribution in [0.3, 0.4) is 0 Å². The van der Waals surface area contributed by atoms with Crippen molar-refractivity contribution in [1.82, 2.24) is 4.98 Å². The van der Waals surface area contributed by atoms with Gasteiger partial charge in [0.15, 0.2) is 0 Å². The van der Waals surface area contributed by atoms with E-state index in [4.69, 9.17) is 26.9 Å². The molecule has 0 N–H and O–H groups in total. The number of hydrogen-bond acceptors (Lipinski definition) is 4. The first-order valence-electron chi connectivity index (χ1n) is 5.93. The van der Waals surface area contributed by atoms with Gasteiger partial charge in [-0.1, -0.05) is 11.6 Å². The molecule has 0 radical (unpaired) electrons. The molecule has 0 atom stereocenters. The SMILES string of the molecule is CCOc1ccc2nc(Cl)c(C=C(C#N)C#N)cc2c1. The molecular weight excluding hydrogens is 274 g/mol. The molecule has 20 heavy (non-hydrogen) atoms. The van der Waals surface area contributed by atoms with Crippen molar-refractivity contribution in [3.63, 3.8) is 0 Å². The maximum absolute atomic E-state index is 8.78. The van der Waals surface area contributed by atoms with Gasteiger partial charge in [0.25, 0.3) is 0 Å². The van der Waals surface area contributed by atoms with Crippen LogP contribution in [0.15, 0.2) is 29.8 Å². The number of hydrogen-bond donors (Lipinski definition) is 0. The van der Waals surface area contributed by atoms with E-state index in [0.29, 0.717) is 12.2 Å². The molecule has 0 saturated heterocycles. The molecule has 0 amide bonds. The fourth-order valence-corrected chi connectivity index (χ4v) is 1.95. The molecule has 1 aromatic carbocycles. The minimum absolute atomic E-state index is 0.0194. The smallest absolute Gasteiger partial charge is 0.137 e. The van der Waals surface area contributed by atoms with Crippen LogP contribution in [0.4, 0.5) is 0 Å². The van der Waals surface area contributed by atoms with Crippen molar-refractivity contribution in [3.05, 3.63) is 40.6 Å². The van der Waals surface area contributed by atoms with Crippen molar-refractivity contribution in [2.45, 2.75) is 6.92 Å². The molecule has 0 fully saturated rings. The lowest BCUT2D eigenvalue weighted by Gasteiger charge is -2.06. The van der Waals surface area contributed by atoms with Crippen molar-refractivity contribution in [3.8, 4) is 17.9 Å². The van der Waals surface area contributed by atoms with Gasteiger partial charge in [-0.3, -0.25) is 0 Å². The topological polar surface area (TPSA) is 69.7 Å². The first-order valence-corrected chi connectivity index (χ1v) is 6.30. The van der Waals surface area contributed by atoms with Gasteiger partial charge in [0.1, 0.15) is 28.6 Å². The van der Waals surface area contributed by atoms with Crippen molar-refractivity contribution in [2.24, 2.45) is 0 Å². The number of benzene rings is 1. The van der Waals surface area contributed by atoms with Gasteiger partial charge in [-0.25, -0.2) is 4.98 Å². The molecule has 2 rings (SSSR count). The van der Waals surface area contributed by atoms with E-state index >= 15 is 0 Å². The Morgan fingerprint density at radius 3 is 2.75 bits per heavy atom. The Balaban J connectivity index is 2.57. The summed E-state index contributed by atoms with van der Waals surface area (Å²) in [6.45, 7) is 2.48. The summed E-state index contributed by atoms with van der Waals surface area (Å²) in [5.74, 6) is 0.736. The number of allylic oxidation sites excluding steroid dienone is 1. The van der Waals surface area contributed by atoms with E-state index in [0.717, 1.165) is 16.7 Å². The fraction of sp³-hybridized carbons (Fsp3) is 0.133. The van der Waals surface area contributed by atoms with Crippen LogP contribution in [0, 0.1) is 22.7 Å². The molecule has 0 saturated carbocycles. The molecule has 4 nitrogen and oxygen atoms in total. The molecular formula is C15H10ClN3O. The van der Waals surface area contributed by atoms with Crippen molar-refractivity contribution >= 4 is 28.6 Å². The first kappa shape index (κ1) is 13.9. The van der Waals surface area contributed by atoms with Crippen LogP contribution in [-0.4, -0.2) is 11.6 Å². The summed E-state index contributed by atoms with van der Waals surface area (Å²) in [4.78, 5) is 4.24. The molecule has 0 aliphatic carbocycles. The van der Waals surface area contributed by atoms with Crippen molar-refractivity contribution in [1.29, 1.82) is 10.5 Å². The second kappa shape index (κ2) is 6.06. The average Bonchev–Trinajstić information content (AvgIpc) is 2.45. The highest BCUT2D eigenvalue weighted by molar-refractivity contribution is 6.31. The monoisotopic (exact) mass is 283 g/mol. The van der Waals surface area contributed by atoms with Gasteiger partial charge in [0, 0.05) is 10.9 Å². The summed E-state index contributed by atoms with van der Waals surface area (Å²) in [6.07, 6.45) is 1.42. The molecule has 0 unspecified atom stereocenters. The summed E-state index contributed by atoms with van der Waals surface area (Å²) >= 11 is 6.06. The molecule has 0 aliphatic rings. The van der Waals surface area contributed by atoms with Gasteiger partial charge >= 0.3 is 0 Å². The van der Waals surface area contributed by atoms with Gasteiger partial charge < -0.3 is 4.74 Å². The highest BCUT2D eigenvalue weighted by Crippen LogP contribution is 2.25. The van der Waals surface area contributed by atoms with Gasteiger partial charge in [0.05, 0.1) is 12.1 Å². The van der Waals surface area contributed by atoms with Crippen LogP contribution >= 0.6 is 11.6 Å². The standard InChI is InChI=1S/C15H10ClN3O/c1-2-20-13-3-4-14-11(7-13)6-12(15(16)19-14)5-10(8-17)9-18/h3-7H,2H2,1H3. The second-order valence-electron chi connectivity index (χ2n) is 3.94. The number of aromatic nitrogens is 1. The number of nitrogens with zero attached hydrogens (tertiary/aromatic N) is 3. The first-order chi connectivity index (χ1) is 9.67. The van der Waals surface area contributed by atoms with Crippen LogP contribution in [0.1, 0.15) is 12.5 Å². The lowest BCUT2D eigenvalue weighted by atomic mass is 10.1. The Morgan fingerprint density at radius 1 is 1.35 bits per heavy atom. The van der Waals surface area contributed by atoms with Crippen LogP contribution in [0.2, 0.25) is 5.15 Å². The number of rotatable bonds is 3. The van der Waals surface area contributed by atoms with Crippen LogP contribution in [-0.2, 0) is 0 Å². The Kier molecular flexibility index (Phi) is 4.20. The zero-order chi connectivity index (χ0) is 14.5. The van der Waals surface area contributed by atoms with Gasteiger partial charge in [-0.15, -0.1) is 0 Å². The normalized spacial score (nSPS) is 9.60. The third kappa shape index (κ3) is 2.88. The predicted molar refractivity (Wildman–Crippen MR) is 77.1 cm³/mol. The van der Waals surface area contributed by atoms with Gasteiger partial charge in [-0.05, 0) is 37.3 Å². The number of pyridine rings is 1. The summed E-state index contributed by atoms with van der Waals surface area (Å²) in [7, 11) is 0. The van der Waals surface area contributed by atoms with Crippen molar-refractivity contribution in [2.75, 3.05) is 6.61 Å².